The Morgan fingerprint density at radius 3 is 2.44 bits per heavy atom. The monoisotopic (exact) mass is 267 g/mol. The van der Waals surface area contributed by atoms with E-state index in [-0.39, 0.29) is 11.3 Å². The predicted molar refractivity (Wildman–Crippen MR) is 78.3 cm³/mol. The van der Waals surface area contributed by atoms with Crippen molar-refractivity contribution in [2.24, 2.45) is 11.1 Å². The summed E-state index contributed by atoms with van der Waals surface area (Å²) in [5, 5.41) is 8.04. The van der Waals surface area contributed by atoms with Crippen LogP contribution >= 0.6 is 11.6 Å². The Morgan fingerprint density at radius 1 is 1.39 bits per heavy atom. The van der Waals surface area contributed by atoms with Gasteiger partial charge in [-0.1, -0.05) is 44.5 Å². The molecule has 4 heteroatoms. The van der Waals surface area contributed by atoms with Crippen LogP contribution in [0.2, 0.25) is 5.02 Å². The van der Waals surface area contributed by atoms with Crippen molar-refractivity contribution in [3.63, 3.8) is 0 Å². The first kappa shape index (κ1) is 15.0. The number of hydrogen-bond donors (Lipinski definition) is 2. The van der Waals surface area contributed by atoms with E-state index in [1.807, 2.05) is 12.1 Å². The van der Waals surface area contributed by atoms with E-state index in [0.29, 0.717) is 10.6 Å². The Hall–Kier alpha value is -1.06. The second-order valence-corrected chi connectivity index (χ2v) is 6.36. The Bertz CT molecular complexity index is 435. The molecule has 0 fully saturated rings. The van der Waals surface area contributed by atoms with Gasteiger partial charge in [0.05, 0.1) is 0 Å². The lowest BCUT2D eigenvalue weighted by Gasteiger charge is -2.26. The van der Waals surface area contributed by atoms with Crippen molar-refractivity contribution in [2.75, 3.05) is 13.6 Å². The van der Waals surface area contributed by atoms with Crippen LogP contribution in [0.3, 0.4) is 0 Å². The van der Waals surface area contributed by atoms with Crippen LogP contribution < -0.4 is 5.73 Å². The summed E-state index contributed by atoms with van der Waals surface area (Å²) in [6, 6.07) is 5.54. The summed E-state index contributed by atoms with van der Waals surface area (Å²) >= 11 is 6.21. The van der Waals surface area contributed by atoms with Crippen molar-refractivity contribution in [2.45, 2.75) is 27.3 Å². The lowest BCUT2D eigenvalue weighted by atomic mass is 9.96. The Labute approximate surface area is 114 Å². The molecule has 1 aromatic rings. The van der Waals surface area contributed by atoms with Crippen molar-refractivity contribution in [3.8, 4) is 0 Å². The van der Waals surface area contributed by atoms with Crippen LogP contribution in [0, 0.1) is 10.8 Å². The van der Waals surface area contributed by atoms with Gasteiger partial charge in [-0.3, -0.25) is 5.41 Å². The highest BCUT2D eigenvalue weighted by Gasteiger charge is 2.14. The third kappa shape index (κ3) is 4.67. The molecule has 0 saturated carbocycles. The smallest absolute Gasteiger partial charge is 0.122 e. The summed E-state index contributed by atoms with van der Waals surface area (Å²) in [7, 11) is 2.08. The zero-order valence-corrected chi connectivity index (χ0v) is 12.3. The summed E-state index contributed by atoms with van der Waals surface area (Å²) in [6.07, 6.45) is 0. The molecule has 0 saturated heterocycles. The molecule has 3 nitrogen and oxygen atoms in total. The quantitative estimate of drug-likeness (QED) is 0.651. The van der Waals surface area contributed by atoms with Crippen LogP contribution in [0.15, 0.2) is 18.2 Å². The number of halogens is 1. The second kappa shape index (κ2) is 5.72. The zero-order valence-electron chi connectivity index (χ0n) is 11.5. The standard InChI is InChI=1S/C14H22ClN3/c1-14(2,3)9-18(4)8-11-6-5-10(13(16)17)7-12(11)15/h5-7H,8-9H2,1-4H3,(H3,16,17). The normalized spacial score (nSPS) is 11.9. The number of nitrogens with two attached hydrogens (primary N) is 1. The number of nitrogens with zero attached hydrogens (tertiary/aromatic N) is 1. The molecule has 0 aliphatic carbocycles. The first-order valence-electron chi connectivity index (χ1n) is 6.00. The molecule has 0 aromatic heterocycles. The van der Waals surface area contributed by atoms with Crippen LogP contribution in [-0.4, -0.2) is 24.3 Å². The number of nitrogens with one attached hydrogen (secondary N) is 1. The van der Waals surface area contributed by atoms with Crippen LogP contribution in [0.1, 0.15) is 31.9 Å². The van der Waals surface area contributed by atoms with E-state index in [1.165, 1.54) is 0 Å². The van der Waals surface area contributed by atoms with Crippen molar-refractivity contribution in [1.82, 2.24) is 4.90 Å². The molecule has 100 valence electrons. The third-order valence-corrected chi connectivity index (χ3v) is 2.90. The number of nitrogen functional groups attached to an aromatic ring is 1. The molecule has 0 bridgehead atoms. The Kier molecular flexibility index (Phi) is 4.77. The number of amidine groups is 1. The van der Waals surface area contributed by atoms with Crippen LogP contribution in [0.25, 0.3) is 0 Å². The largest absolute Gasteiger partial charge is 0.384 e. The van der Waals surface area contributed by atoms with Gasteiger partial charge in [0, 0.05) is 23.7 Å². The summed E-state index contributed by atoms with van der Waals surface area (Å²) in [5.41, 5.74) is 7.43. The molecule has 0 aliphatic heterocycles. The average molecular weight is 268 g/mol. The maximum absolute atomic E-state index is 7.37. The molecular formula is C14H22ClN3. The van der Waals surface area contributed by atoms with Gasteiger partial charge in [-0.15, -0.1) is 0 Å². The fourth-order valence-corrected chi connectivity index (χ4v) is 2.24. The van der Waals surface area contributed by atoms with Crippen LogP contribution in [0.4, 0.5) is 0 Å². The SMILES string of the molecule is CN(Cc1ccc(C(=N)N)cc1Cl)CC(C)(C)C. The highest BCUT2D eigenvalue weighted by molar-refractivity contribution is 6.31. The van der Waals surface area contributed by atoms with Crippen molar-refractivity contribution in [1.29, 1.82) is 5.41 Å². The minimum absolute atomic E-state index is 0.0477. The third-order valence-electron chi connectivity index (χ3n) is 2.55. The second-order valence-electron chi connectivity index (χ2n) is 5.95. The van der Waals surface area contributed by atoms with Gasteiger partial charge in [-0.05, 0) is 24.1 Å². The van der Waals surface area contributed by atoms with E-state index in [2.05, 4.69) is 32.7 Å². The molecule has 0 heterocycles. The molecule has 18 heavy (non-hydrogen) atoms. The number of benzene rings is 1. The van der Waals surface area contributed by atoms with E-state index < -0.39 is 0 Å². The average Bonchev–Trinajstić information content (AvgIpc) is 2.17. The Morgan fingerprint density at radius 2 is 2.00 bits per heavy atom. The van der Waals surface area contributed by atoms with Crippen LogP contribution in [0.5, 0.6) is 0 Å². The highest BCUT2D eigenvalue weighted by Crippen LogP contribution is 2.21. The minimum atomic E-state index is 0.0477. The molecule has 1 aromatic carbocycles. The molecule has 0 amide bonds. The van der Waals surface area contributed by atoms with E-state index in [9.17, 15) is 0 Å². The Balaban J connectivity index is 2.77. The fourth-order valence-electron chi connectivity index (χ4n) is 2.00. The predicted octanol–water partition coefficient (Wildman–Crippen LogP) is 3.10. The maximum atomic E-state index is 7.37. The van der Waals surface area contributed by atoms with Gasteiger partial charge >= 0.3 is 0 Å². The summed E-state index contributed by atoms with van der Waals surface area (Å²) in [6.45, 7) is 8.43. The van der Waals surface area contributed by atoms with Gasteiger partial charge in [0.25, 0.3) is 0 Å². The molecule has 0 atom stereocenters. The number of rotatable bonds is 4. The van der Waals surface area contributed by atoms with E-state index in [0.717, 1.165) is 18.7 Å². The first-order valence-corrected chi connectivity index (χ1v) is 6.38. The van der Waals surface area contributed by atoms with Crippen molar-refractivity contribution in [3.05, 3.63) is 34.3 Å². The van der Waals surface area contributed by atoms with Crippen LogP contribution in [-0.2, 0) is 6.54 Å². The first-order chi connectivity index (χ1) is 8.19. The van der Waals surface area contributed by atoms with E-state index in [4.69, 9.17) is 22.7 Å². The molecule has 0 aliphatic rings. The minimum Gasteiger partial charge on any atom is -0.384 e. The van der Waals surface area contributed by atoms with Crippen molar-refractivity contribution >= 4 is 17.4 Å². The van der Waals surface area contributed by atoms with Gasteiger partial charge < -0.3 is 10.6 Å². The fraction of sp³-hybridized carbons (Fsp3) is 0.500. The lowest BCUT2D eigenvalue weighted by Crippen LogP contribution is -2.29. The molecular weight excluding hydrogens is 246 g/mol. The summed E-state index contributed by atoms with van der Waals surface area (Å²) in [4.78, 5) is 2.24. The number of hydrogen-bond acceptors (Lipinski definition) is 2. The summed E-state index contributed by atoms with van der Waals surface area (Å²) < 4.78 is 0. The lowest BCUT2D eigenvalue weighted by molar-refractivity contribution is 0.221. The van der Waals surface area contributed by atoms with Gasteiger partial charge in [-0.25, -0.2) is 0 Å². The zero-order chi connectivity index (χ0) is 13.9. The summed E-state index contributed by atoms with van der Waals surface area (Å²) in [5.74, 6) is 0.0477. The van der Waals surface area contributed by atoms with E-state index in [1.54, 1.807) is 6.07 Å². The molecule has 0 radical (unpaired) electrons. The molecule has 3 N–H and O–H groups in total. The van der Waals surface area contributed by atoms with Gasteiger partial charge in [0.1, 0.15) is 5.84 Å². The van der Waals surface area contributed by atoms with Gasteiger partial charge in [-0.2, -0.15) is 0 Å². The van der Waals surface area contributed by atoms with Gasteiger partial charge in [0.2, 0.25) is 0 Å². The maximum Gasteiger partial charge on any atom is 0.122 e. The molecule has 0 spiro atoms. The van der Waals surface area contributed by atoms with Gasteiger partial charge in [0.15, 0.2) is 0 Å². The van der Waals surface area contributed by atoms with Crippen molar-refractivity contribution < 1.29 is 0 Å². The molecule has 1 rings (SSSR count). The van der Waals surface area contributed by atoms with E-state index >= 15 is 0 Å². The molecule has 0 unspecified atom stereocenters. The highest BCUT2D eigenvalue weighted by atomic mass is 35.5. The topological polar surface area (TPSA) is 53.1 Å².